The fourth-order valence-electron chi connectivity index (χ4n) is 1.42. The lowest BCUT2D eigenvalue weighted by atomic mass is 10.1. The predicted molar refractivity (Wildman–Crippen MR) is 76.6 cm³/mol. The van der Waals surface area contributed by atoms with Crippen LogP contribution in [0.25, 0.3) is 0 Å². The van der Waals surface area contributed by atoms with Crippen molar-refractivity contribution in [3.63, 3.8) is 0 Å². The van der Waals surface area contributed by atoms with E-state index in [1.54, 1.807) is 0 Å². The molecule has 0 aliphatic carbocycles. The third kappa shape index (κ3) is 4.88. The van der Waals surface area contributed by atoms with E-state index in [9.17, 15) is 0 Å². The minimum Gasteiger partial charge on any atom is -0.492 e. The van der Waals surface area contributed by atoms with Crippen LogP contribution in [0.2, 0.25) is 0 Å². The Hall–Kier alpha value is -0.0200. The molecular formula is C13H18Br2O. The summed E-state index contributed by atoms with van der Waals surface area (Å²) in [6, 6.07) is 6.17. The molecule has 0 aliphatic rings. The largest absolute Gasteiger partial charge is 0.492 e. The van der Waals surface area contributed by atoms with Crippen LogP contribution in [-0.2, 0) is 0 Å². The molecule has 0 spiro atoms. The average molecular weight is 350 g/mol. The maximum absolute atomic E-state index is 5.75. The Morgan fingerprint density at radius 3 is 2.69 bits per heavy atom. The molecule has 0 aromatic heterocycles. The zero-order valence-electron chi connectivity index (χ0n) is 9.80. The lowest BCUT2D eigenvalue weighted by molar-refractivity contribution is 0.281. The maximum atomic E-state index is 5.75. The van der Waals surface area contributed by atoms with Gasteiger partial charge in [-0.2, -0.15) is 0 Å². The van der Waals surface area contributed by atoms with Crippen molar-refractivity contribution in [1.82, 2.24) is 0 Å². The van der Waals surface area contributed by atoms with Crippen molar-refractivity contribution >= 4 is 31.9 Å². The van der Waals surface area contributed by atoms with Gasteiger partial charge in [-0.3, -0.25) is 0 Å². The minimum absolute atomic E-state index is 0.712. The molecule has 0 amide bonds. The number of benzene rings is 1. The highest BCUT2D eigenvalue weighted by Crippen LogP contribution is 2.26. The van der Waals surface area contributed by atoms with Crippen molar-refractivity contribution in [2.24, 2.45) is 5.92 Å². The van der Waals surface area contributed by atoms with Crippen LogP contribution >= 0.6 is 31.9 Å². The van der Waals surface area contributed by atoms with Gasteiger partial charge in [0.25, 0.3) is 0 Å². The molecule has 0 aliphatic heterocycles. The van der Waals surface area contributed by atoms with E-state index in [1.165, 1.54) is 12.0 Å². The zero-order chi connectivity index (χ0) is 12.0. The second-order valence-electron chi connectivity index (χ2n) is 4.15. The first-order valence-electron chi connectivity index (χ1n) is 5.58. The van der Waals surface area contributed by atoms with Gasteiger partial charge in [0.2, 0.25) is 0 Å². The third-order valence-electron chi connectivity index (χ3n) is 2.56. The van der Waals surface area contributed by atoms with Gasteiger partial charge in [-0.1, -0.05) is 28.9 Å². The molecule has 0 saturated heterocycles. The van der Waals surface area contributed by atoms with E-state index >= 15 is 0 Å². The van der Waals surface area contributed by atoms with Crippen LogP contribution in [0.5, 0.6) is 5.75 Å². The highest BCUT2D eigenvalue weighted by molar-refractivity contribution is 9.10. The van der Waals surface area contributed by atoms with Gasteiger partial charge in [0.05, 0.1) is 11.1 Å². The molecule has 16 heavy (non-hydrogen) atoms. The fourth-order valence-corrected chi connectivity index (χ4v) is 2.81. The standard InChI is InChI=1S/C13H18Br2O/c1-10(5-7-14)6-8-16-13-4-3-11(2)9-12(13)15/h3-4,9-10H,5-8H2,1-2H3. The Balaban J connectivity index is 2.37. The van der Waals surface area contributed by atoms with Gasteiger partial charge < -0.3 is 4.74 Å². The van der Waals surface area contributed by atoms with Crippen molar-refractivity contribution in [1.29, 1.82) is 0 Å². The third-order valence-corrected chi connectivity index (χ3v) is 3.64. The number of alkyl halides is 1. The minimum atomic E-state index is 0.712. The van der Waals surface area contributed by atoms with E-state index in [0.29, 0.717) is 5.92 Å². The zero-order valence-corrected chi connectivity index (χ0v) is 13.0. The number of hydrogen-bond acceptors (Lipinski definition) is 1. The van der Waals surface area contributed by atoms with Gasteiger partial charge in [-0.05, 0) is 59.3 Å². The molecule has 3 heteroatoms. The number of ether oxygens (including phenoxy) is 1. The molecule has 1 rings (SSSR count). The van der Waals surface area contributed by atoms with Crippen molar-refractivity contribution in [2.45, 2.75) is 26.7 Å². The Bertz CT molecular complexity index is 326. The molecule has 0 heterocycles. The Morgan fingerprint density at radius 1 is 1.31 bits per heavy atom. The summed E-state index contributed by atoms with van der Waals surface area (Å²) in [5.41, 5.74) is 1.24. The molecule has 0 saturated carbocycles. The summed E-state index contributed by atoms with van der Waals surface area (Å²) in [5, 5.41) is 1.07. The van der Waals surface area contributed by atoms with Crippen molar-refractivity contribution in [3.05, 3.63) is 28.2 Å². The number of halogens is 2. The molecule has 0 N–H and O–H groups in total. The SMILES string of the molecule is Cc1ccc(OCCC(C)CCBr)c(Br)c1. The molecule has 1 atom stereocenters. The monoisotopic (exact) mass is 348 g/mol. The summed E-state index contributed by atoms with van der Waals surface area (Å²) in [7, 11) is 0. The lowest BCUT2D eigenvalue weighted by Gasteiger charge is -2.12. The van der Waals surface area contributed by atoms with Gasteiger partial charge in [-0.25, -0.2) is 0 Å². The first kappa shape index (κ1) is 14.0. The molecule has 0 bridgehead atoms. The smallest absolute Gasteiger partial charge is 0.133 e. The van der Waals surface area contributed by atoms with E-state index in [2.05, 4.69) is 57.8 Å². The van der Waals surface area contributed by atoms with E-state index in [-0.39, 0.29) is 0 Å². The Labute approximate surface area is 115 Å². The van der Waals surface area contributed by atoms with Crippen molar-refractivity contribution < 1.29 is 4.74 Å². The summed E-state index contributed by atoms with van der Waals surface area (Å²) in [6.07, 6.45) is 2.31. The average Bonchev–Trinajstić information content (AvgIpc) is 2.22. The first-order valence-corrected chi connectivity index (χ1v) is 7.50. The summed E-state index contributed by atoms with van der Waals surface area (Å²) < 4.78 is 6.79. The number of aryl methyl sites for hydroxylation is 1. The van der Waals surface area contributed by atoms with Gasteiger partial charge in [0.15, 0.2) is 0 Å². The van der Waals surface area contributed by atoms with Crippen LogP contribution in [0, 0.1) is 12.8 Å². The molecule has 1 unspecified atom stereocenters. The van der Waals surface area contributed by atoms with E-state index in [4.69, 9.17) is 4.74 Å². The summed E-state index contributed by atoms with van der Waals surface area (Å²) >= 11 is 6.97. The first-order chi connectivity index (χ1) is 7.63. The quantitative estimate of drug-likeness (QED) is 0.660. The fraction of sp³-hybridized carbons (Fsp3) is 0.538. The predicted octanol–water partition coefficient (Wildman–Crippen LogP) is 4.95. The molecule has 1 aromatic carbocycles. The lowest BCUT2D eigenvalue weighted by Crippen LogP contribution is -2.05. The summed E-state index contributed by atoms with van der Waals surface area (Å²) in [5.74, 6) is 1.65. The van der Waals surface area contributed by atoms with Crippen LogP contribution in [0.15, 0.2) is 22.7 Å². The molecule has 0 fully saturated rings. The van der Waals surface area contributed by atoms with Crippen molar-refractivity contribution in [3.8, 4) is 5.75 Å². The van der Waals surface area contributed by atoms with E-state index in [0.717, 1.165) is 28.6 Å². The number of hydrogen-bond donors (Lipinski definition) is 0. The second-order valence-corrected chi connectivity index (χ2v) is 5.80. The van der Waals surface area contributed by atoms with Crippen LogP contribution in [-0.4, -0.2) is 11.9 Å². The molecular weight excluding hydrogens is 332 g/mol. The van der Waals surface area contributed by atoms with Gasteiger partial charge in [0.1, 0.15) is 5.75 Å². The number of rotatable bonds is 6. The summed E-state index contributed by atoms with van der Waals surface area (Å²) in [4.78, 5) is 0. The molecule has 0 radical (unpaired) electrons. The summed E-state index contributed by atoms with van der Waals surface area (Å²) in [6.45, 7) is 5.12. The normalized spacial score (nSPS) is 12.5. The highest BCUT2D eigenvalue weighted by Gasteiger charge is 2.04. The van der Waals surface area contributed by atoms with Gasteiger partial charge in [-0.15, -0.1) is 0 Å². The van der Waals surface area contributed by atoms with Crippen LogP contribution in [0.4, 0.5) is 0 Å². The van der Waals surface area contributed by atoms with E-state index in [1.807, 2.05) is 6.07 Å². The Kier molecular flexibility index (Phi) is 6.44. The molecule has 1 nitrogen and oxygen atoms in total. The Morgan fingerprint density at radius 2 is 2.06 bits per heavy atom. The van der Waals surface area contributed by atoms with Crippen LogP contribution < -0.4 is 4.74 Å². The van der Waals surface area contributed by atoms with Gasteiger partial charge >= 0.3 is 0 Å². The molecule has 90 valence electrons. The highest BCUT2D eigenvalue weighted by atomic mass is 79.9. The van der Waals surface area contributed by atoms with Crippen LogP contribution in [0.3, 0.4) is 0 Å². The maximum Gasteiger partial charge on any atom is 0.133 e. The van der Waals surface area contributed by atoms with Gasteiger partial charge in [0, 0.05) is 5.33 Å². The van der Waals surface area contributed by atoms with Crippen molar-refractivity contribution in [2.75, 3.05) is 11.9 Å². The van der Waals surface area contributed by atoms with Crippen LogP contribution in [0.1, 0.15) is 25.3 Å². The topological polar surface area (TPSA) is 9.23 Å². The molecule has 1 aromatic rings. The second kappa shape index (κ2) is 7.33. The van der Waals surface area contributed by atoms with E-state index < -0.39 is 0 Å².